The second-order valence-corrected chi connectivity index (χ2v) is 12.8. The summed E-state index contributed by atoms with van der Waals surface area (Å²) in [6.07, 6.45) is 0.796. The molecule has 37 heavy (non-hydrogen) atoms. The number of aliphatic carboxylic acids is 1. The van der Waals surface area contributed by atoms with Crippen LogP contribution in [0.2, 0.25) is 0 Å². The molecule has 1 aliphatic carbocycles. The lowest BCUT2D eigenvalue weighted by Crippen LogP contribution is -2.50. The third-order valence-electron chi connectivity index (χ3n) is 7.97. The van der Waals surface area contributed by atoms with Crippen LogP contribution in [-0.2, 0) is 17.9 Å². The van der Waals surface area contributed by atoms with E-state index in [2.05, 4.69) is 59.4 Å². The molecule has 0 bridgehead atoms. The molecule has 2 aliphatic heterocycles. The van der Waals surface area contributed by atoms with E-state index in [9.17, 15) is 9.90 Å². The van der Waals surface area contributed by atoms with Crippen LogP contribution in [0.1, 0.15) is 28.7 Å². The van der Waals surface area contributed by atoms with Crippen molar-refractivity contribution in [2.45, 2.75) is 33.4 Å². The first-order valence-electron chi connectivity index (χ1n) is 13.0. The van der Waals surface area contributed by atoms with E-state index < -0.39 is 5.97 Å². The van der Waals surface area contributed by atoms with Gasteiger partial charge in [-0.2, -0.15) is 11.8 Å². The lowest BCUT2D eigenvalue weighted by molar-refractivity contribution is -0.139. The Labute approximate surface area is 226 Å². The number of carboxylic acid groups (broad SMARTS) is 1. The summed E-state index contributed by atoms with van der Waals surface area (Å²) in [5.41, 5.74) is 6.90. The van der Waals surface area contributed by atoms with E-state index in [1.165, 1.54) is 46.8 Å². The summed E-state index contributed by atoms with van der Waals surface area (Å²) in [7, 11) is 0. The molecule has 2 aromatic carbocycles. The van der Waals surface area contributed by atoms with Crippen LogP contribution in [0.3, 0.4) is 0 Å². The normalized spacial score (nSPS) is 20.6. The van der Waals surface area contributed by atoms with Gasteiger partial charge >= 0.3 is 5.97 Å². The fraction of sp³-hybridized carbons (Fsp3) is 0.448. The predicted octanol–water partition coefficient (Wildman–Crippen LogP) is 5.47. The maximum Gasteiger partial charge on any atom is 0.307 e. The van der Waals surface area contributed by atoms with E-state index in [4.69, 9.17) is 9.72 Å². The summed E-state index contributed by atoms with van der Waals surface area (Å²) in [5, 5.41) is 12.3. The summed E-state index contributed by atoms with van der Waals surface area (Å²) in [4.78, 5) is 21.0. The lowest BCUT2D eigenvalue weighted by Gasteiger charge is -2.40. The Morgan fingerprint density at radius 2 is 1.97 bits per heavy atom. The minimum absolute atomic E-state index is 0.0183. The molecule has 8 heteroatoms. The Balaban J connectivity index is 1.12. The number of rotatable bonds is 8. The van der Waals surface area contributed by atoms with Crippen LogP contribution in [-0.4, -0.2) is 58.6 Å². The van der Waals surface area contributed by atoms with Crippen molar-refractivity contribution in [1.29, 1.82) is 0 Å². The number of nitrogens with zero attached hydrogens (tertiary/aromatic N) is 3. The van der Waals surface area contributed by atoms with Gasteiger partial charge in [0.2, 0.25) is 0 Å². The molecule has 1 unspecified atom stereocenters. The molecule has 3 aliphatic rings. The topological polar surface area (TPSA) is 65.9 Å². The van der Waals surface area contributed by atoms with Crippen LogP contribution in [0.25, 0.3) is 11.3 Å². The van der Waals surface area contributed by atoms with Crippen molar-refractivity contribution in [3.63, 3.8) is 0 Å². The minimum atomic E-state index is -0.660. The third kappa shape index (κ3) is 5.11. The SMILES string of the molecule is Cc1ccc(OCc2ccc(CN3CCSCC3)cc2C)c(-c2csc(N3CC4(CC4C(=O)O)C3)n2)c1. The van der Waals surface area contributed by atoms with Gasteiger partial charge in [0.05, 0.1) is 11.6 Å². The van der Waals surface area contributed by atoms with Crippen LogP contribution in [0.5, 0.6) is 5.75 Å². The van der Waals surface area contributed by atoms with Gasteiger partial charge in [-0.3, -0.25) is 9.69 Å². The van der Waals surface area contributed by atoms with Crippen molar-refractivity contribution < 1.29 is 14.6 Å². The molecule has 6 rings (SSSR count). The van der Waals surface area contributed by atoms with E-state index in [-0.39, 0.29) is 11.3 Å². The second-order valence-electron chi connectivity index (χ2n) is 10.8. The van der Waals surface area contributed by atoms with E-state index in [1.807, 2.05) is 17.8 Å². The summed E-state index contributed by atoms with van der Waals surface area (Å²) in [6.45, 7) is 9.72. The molecule has 1 spiro atoms. The molecule has 2 saturated heterocycles. The van der Waals surface area contributed by atoms with Gasteiger partial charge in [0.15, 0.2) is 5.13 Å². The number of anilines is 1. The molecule has 0 radical (unpaired) electrons. The largest absolute Gasteiger partial charge is 0.488 e. The number of carbonyl (C=O) groups is 1. The van der Waals surface area contributed by atoms with Crippen LogP contribution in [0.15, 0.2) is 41.8 Å². The van der Waals surface area contributed by atoms with Crippen molar-refractivity contribution >= 4 is 34.2 Å². The number of hydrogen-bond donors (Lipinski definition) is 1. The van der Waals surface area contributed by atoms with Gasteiger partial charge in [0.25, 0.3) is 0 Å². The van der Waals surface area contributed by atoms with Crippen molar-refractivity contribution in [3.05, 3.63) is 64.0 Å². The molecular weight excluding hydrogens is 502 g/mol. The highest BCUT2D eigenvalue weighted by Gasteiger charge is 2.65. The number of thioether (sulfide) groups is 1. The molecule has 0 amide bonds. The Morgan fingerprint density at radius 1 is 1.16 bits per heavy atom. The van der Waals surface area contributed by atoms with Crippen LogP contribution >= 0.6 is 23.1 Å². The van der Waals surface area contributed by atoms with Crippen LogP contribution < -0.4 is 9.64 Å². The molecule has 3 heterocycles. The smallest absolute Gasteiger partial charge is 0.307 e. The van der Waals surface area contributed by atoms with Crippen LogP contribution in [0, 0.1) is 25.2 Å². The van der Waals surface area contributed by atoms with Crippen LogP contribution in [0.4, 0.5) is 5.13 Å². The highest BCUT2D eigenvalue weighted by atomic mass is 32.2. The van der Waals surface area contributed by atoms with Gasteiger partial charge in [-0.15, -0.1) is 11.3 Å². The van der Waals surface area contributed by atoms with E-state index in [1.54, 1.807) is 11.3 Å². The number of benzene rings is 2. The average Bonchev–Trinajstić information content (AvgIpc) is 3.45. The Morgan fingerprint density at radius 3 is 2.70 bits per heavy atom. The minimum Gasteiger partial charge on any atom is -0.488 e. The molecule has 194 valence electrons. The van der Waals surface area contributed by atoms with Crippen molar-refractivity contribution in [2.24, 2.45) is 11.3 Å². The van der Waals surface area contributed by atoms with Crippen molar-refractivity contribution in [1.82, 2.24) is 9.88 Å². The average molecular weight is 536 g/mol. The van der Waals surface area contributed by atoms with Crippen molar-refractivity contribution in [2.75, 3.05) is 42.6 Å². The quantitative estimate of drug-likeness (QED) is 0.411. The van der Waals surface area contributed by atoms with Gasteiger partial charge in [-0.1, -0.05) is 29.8 Å². The highest BCUT2D eigenvalue weighted by Crippen LogP contribution is 2.59. The zero-order chi connectivity index (χ0) is 25.6. The maximum atomic E-state index is 11.3. The van der Waals surface area contributed by atoms with Gasteiger partial charge in [-0.25, -0.2) is 4.98 Å². The number of aryl methyl sites for hydroxylation is 2. The summed E-state index contributed by atoms with van der Waals surface area (Å²) >= 11 is 3.67. The highest BCUT2D eigenvalue weighted by molar-refractivity contribution is 7.99. The lowest BCUT2D eigenvalue weighted by atomic mass is 9.94. The molecule has 1 saturated carbocycles. The molecule has 1 aromatic heterocycles. The maximum absolute atomic E-state index is 11.3. The van der Waals surface area contributed by atoms with Gasteiger partial charge in [0.1, 0.15) is 12.4 Å². The number of thiazole rings is 1. The third-order valence-corrected chi connectivity index (χ3v) is 9.82. The first-order chi connectivity index (χ1) is 17.9. The molecule has 3 aromatic rings. The number of hydrogen-bond acceptors (Lipinski definition) is 7. The predicted molar refractivity (Wildman–Crippen MR) is 151 cm³/mol. The Hall–Kier alpha value is -2.55. The molecule has 1 atom stereocenters. The summed E-state index contributed by atoms with van der Waals surface area (Å²) in [5.74, 6) is 2.46. The first kappa shape index (κ1) is 24.8. The molecule has 1 N–H and O–H groups in total. The van der Waals surface area contributed by atoms with E-state index in [0.29, 0.717) is 6.61 Å². The van der Waals surface area contributed by atoms with Gasteiger partial charge in [-0.05, 0) is 49.1 Å². The van der Waals surface area contributed by atoms with E-state index in [0.717, 1.165) is 48.2 Å². The Kier molecular flexibility index (Phi) is 6.67. The van der Waals surface area contributed by atoms with E-state index >= 15 is 0 Å². The fourth-order valence-corrected chi connectivity index (χ4v) is 7.39. The van der Waals surface area contributed by atoms with Gasteiger partial charge < -0.3 is 14.7 Å². The number of ether oxygens (including phenoxy) is 1. The monoisotopic (exact) mass is 535 g/mol. The Bertz CT molecular complexity index is 1310. The molecule has 6 nitrogen and oxygen atoms in total. The zero-order valence-corrected chi connectivity index (χ0v) is 23.0. The summed E-state index contributed by atoms with van der Waals surface area (Å²) in [6, 6.07) is 13.0. The van der Waals surface area contributed by atoms with Crippen molar-refractivity contribution in [3.8, 4) is 17.0 Å². The molecule has 3 fully saturated rings. The standard InChI is InChI=1S/C29H33N3O3S2/c1-19-3-6-26(35-15-22-5-4-21(12-20(22)2)14-31-7-9-36-10-8-31)23(11-19)25-16-37-28(30-25)32-17-29(18-32)13-24(29)27(33)34/h3-6,11-12,16,24H,7-10,13-15,17-18H2,1-2H3,(H,33,34). The summed E-state index contributed by atoms with van der Waals surface area (Å²) < 4.78 is 6.37. The number of aromatic nitrogens is 1. The second kappa shape index (κ2) is 9.97. The fourth-order valence-electron chi connectivity index (χ4n) is 5.59. The zero-order valence-electron chi connectivity index (χ0n) is 21.4. The first-order valence-corrected chi connectivity index (χ1v) is 15.0. The van der Waals surface area contributed by atoms with Gasteiger partial charge in [0, 0.05) is 60.6 Å². The molecular formula is C29H33N3O3S2. The number of carboxylic acids is 1.